The van der Waals surface area contributed by atoms with E-state index in [2.05, 4.69) is 0 Å². The lowest BCUT2D eigenvalue weighted by Crippen LogP contribution is -2.36. The summed E-state index contributed by atoms with van der Waals surface area (Å²) in [5, 5.41) is 0. The Bertz CT molecular complexity index is 176. The lowest BCUT2D eigenvalue weighted by atomic mass is 9.90. The second kappa shape index (κ2) is 3.03. The van der Waals surface area contributed by atoms with E-state index in [1.54, 1.807) is 0 Å². The summed E-state index contributed by atoms with van der Waals surface area (Å²) < 4.78 is 4.85. The van der Waals surface area contributed by atoms with Crippen LogP contribution in [0.1, 0.15) is 20.3 Å². The maximum absolute atomic E-state index is 10.9. The van der Waals surface area contributed by atoms with Crippen LogP contribution in [0.3, 0.4) is 0 Å². The molecule has 3 nitrogen and oxygen atoms in total. The molecule has 0 N–H and O–H groups in total. The molecule has 0 aromatic heterocycles. The van der Waals surface area contributed by atoms with Crippen molar-refractivity contribution < 1.29 is 14.3 Å². The molecule has 1 fully saturated rings. The van der Waals surface area contributed by atoms with Crippen LogP contribution in [0.5, 0.6) is 0 Å². The molecule has 0 aromatic carbocycles. The van der Waals surface area contributed by atoms with Crippen LogP contribution in [-0.2, 0) is 14.3 Å². The van der Waals surface area contributed by atoms with Gasteiger partial charge in [0.05, 0.1) is 5.92 Å². The van der Waals surface area contributed by atoms with Crippen molar-refractivity contribution in [1.29, 1.82) is 0 Å². The van der Waals surface area contributed by atoms with E-state index in [-0.39, 0.29) is 17.8 Å². The zero-order valence-electron chi connectivity index (χ0n) is 6.74. The third-order valence-corrected chi connectivity index (χ3v) is 2.07. The third-order valence-electron chi connectivity index (χ3n) is 2.07. The van der Waals surface area contributed by atoms with Crippen molar-refractivity contribution >= 4 is 12.3 Å². The summed E-state index contributed by atoms with van der Waals surface area (Å²) in [7, 11) is 0. The molecular formula is C8H12O3. The summed E-state index contributed by atoms with van der Waals surface area (Å²) >= 11 is 0. The van der Waals surface area contributed by atoms with Gasteiger partial charge in [-0.3, -0.25) is 9.59 Å². The number of carbonyl (C=O) groups excluding carboxylic acids is 2. The molecule has 0 amide bonds. The van der Waals surface area contributed by atoms with Gasteiger partial charge in [0.1, 0.15) is 0 Å². The Morgan fingerprint density at radius 2 is 2.18 bits per heavy atom. The van der Waals surface area contributed by atoms with E-state index in [1.807, 2.05) is 13.8 Å². The molecular weight excluding hydrogens is 144 g/mol. The predicted octanol–water partition coefficient (Wildman–Crippen LogP) is 0.773. The van der Waals surface area contributed by atoms with Gasteiger partial charge in [-0.1, -0.05) is 13.8 Å². The van der Waals surface area contributed by atoms with E-state index in [0.29, 0.717) is 6.29 Å². The molecule has 1 rings (SSSR count). The van der Waals surface area contributed by atoms with E-state index < -0.39 is 6.10 Å². The smallest absolute Gasteiger partial charge is 0.309 e. The molecule has 1 aliphatic rings. The molecule has 0 spiro atoms. The second-order valence-corrected chi connectivity index (χ2v) is 3.15. The number of rotatable bonds is 1. The maximum atomic E-state index is 10.9. The molecule has 0 radical (unpaired) electrons. The van der Waals surface area contributed by atoms with Crippen molar-refractivity contribution in [3.63, 3.8) is 0 Å². The summed E-state index contributed by atoms with van der Waals surface area (Å²) in [5.41, 5.74) is 0. The SMILES string of the molecule is C[C@@H]1C[C@@H](C)[C@H](C=O)OC1=O. The number of hydrogen-bond acceptors (Lipinski definition) is 3. The van der Waals surface area contributed by atoms with Crippen LogP contribution in [0.4, 0.5) is 0 Å². The van der Waals surface area contributed by atoms with Crippen LogP contribution in [0.25, 0.3) is 0 Å². The molecule has 0 saturated carbocycles. The average molecular weight is 156 g/mol. The minimum Gasteiger partial charge on any atom is -0.454 e. The van der Waals surface area contributed by atoms with E-state index in [9.17, 15) is 9.59 Å². The molecule has 3 heteroatoms. The van der Waals surface area contributed by atoms with Gasteiger partial charge in [-0.25, -0.2) is 0 Å². The fourth-order valence-electron chi connectivity index (χ4n) is 1.32. The van der Waals surface area contributed by atoms with Crippen molar-refractivity contribution in [1.82, 2.24) is 0 Å². The molecule has 3 atom stereocenters. The molecule has 1 aliphatic heterocycles. The molecule has 11 heavy (non-hydrogen) atoms. The van der Waals surface area contributed by atoms with Crippen molar-refractivity contribution in [2.45, 2.75) is 26.4 Å². The van der Waals surface area contributed by atoms with Gasteiger partial charge in [0.2, 0.25) is 0 Å². The number of ether oxygens (including phenoxy) is 1. The summed E-state index contributed by atoms with van der Waals surface area (Å²) in [4.78, 5) is 21.3. The van der Waals surface area contributed by atoms with Crippen LogP contribution in [0.2, 0.25) is 0 Å². The molecule has 0 aromatic rings. The first-order valence-corrected chi connectivity index (χ1v) is 3.81. The third kappa shape index (κ3) is 1.59. The van der Waals surface area contributed by atoms with Gasteiger partial charge in [0.15, 0.2) is 12.4 Å². The molecule has 0 bridgehead atoms. The minimum atomic E-state index is -0.515. The van der Waals surface area contributed by atoms with Gasteiger partial charge in [-0.2, -0.15) is 0 Å². The van der Waals surface area contributed by atoms with E-state index in [1.165, 1.54) is 0 Å². The monoisotopic (exact) mass is 156 g/mol. The molecule has 1 heterocycles. The number of hydrogen-bond donors (Lipinski definition) is 0. The zero-order chi connectivity index (χ0) is 8.43. The second-order valence-electron chi connectivity index (χ2n) is 3.15. The van der Waals surface area contributed by atoms with Gasteiger partial charge < -0.3 is 4.74 Å². The van der Waals surface area contributed by atoms with Gasteiger partial charge in [0.25, 0.3) is 0 Å². The van der Waals surface area contributed by atoms with E-state index >= 15 is 0 Å². The lowest BCUT2D eigenvalue weighted by Gasteiger charge is -2.28. The Morgan fingerprint density at radius 3 is 2.73 bits per heavy atom. The molecule has 0 aliphatic carbocycles. The first kappa shape index (κ1) is 8.24. The fraction of sp³-hybridized carbons (Fsp3) is 0.750. The molecule has 1 saturated heterocycles. The zero-order valence-corrected chi connectivity index (χ0v) is 6.74. The number of esters is 1. The first-order valence-electron chi connectivity index (χ1n) is 3.81. The average Bonchev–Trinajstić information content (AvgIpc) is 1.97. The van der Waals surface area contributed by atoms with E-state index in [0.717, 1.165) is 6.42 Å². The van der Waals surface area contributed by atoms with Crippen LogP contribution in [-0.4, -0.2) is 18.4 Å². The highest BCUT2D eigenvalue weighted by Crippen LogP contribution is 2.24. The summed E-state index contributed by atoms with van der Waals surface area (Å²) in [5.74, 6) is -0.137. The standard InChI is InChI=1S/C8H12O3/c1-5-3-6(2)8(10)11-7(5)4-9/h4-7H,3H2,1-2H3/t5-,6-,7+/m1/s1. The minimum absolute atomic E-state index is 0.0544. The highest BCUT2D eigenvalue weighted by molar-refractivity contribution is 5.76. The Balaban J connectivity index is 2.61. The Morgan fingerprint density at radius 1 is 1.55 bits per heavy atom. The Labute approximate surface area is 65.7 Å². The Hall–Kier alpha value is -0.860. The highest BCUT2D eigenvalue weighted by atomic mass is 16.5. The first-order chi connectivity index (χ1) is 5.15. The van der Waals surface area contributed by atoms with Gasteiger partial charge in [-0.05, 0) is 6.42 Å². The lowest BCUT2D eigenvalue weighted by molar-refractivity contribution is -0.165. The van der Waals surface area contributed by atoms with Crippen molar-refractivity contribution in [2.75, 3.05) is 0 Å². The number of carbonyl (C=O) groups is 2. The molecule has 0 unspecified atom stereocenters. The van der Waals surface area contributed by atoms with Gasteiger partial charge >= 0.3 is 5.97 Å². The van der Waals surface area contributed by atoms with Gasteiger partial charge in [0, 0.05) is 5.92 Å². The largest absolute Gasteiger partial charge is 0.454 e. The van der Waals surface area contributed by atoms with Crippen LogP contribution >= 0.6 is 0 Å². The summed E-state index contributed by atoms with van der Waals surface area (Å²) in [6.45, 7) is 3.74. The van der Waals surface area contributed by atoms with Gasteiger partial charge in [-0.15, -0.1) is 0 Å². The quantitative estimate of drug-likeness (QED) is 0.416. The topological polar surface area (TPSA) is 43.4 Å². The normalized spacial score (nSPS) is 38.0. The number of aldehydes is 1. The van der Waals surface area contributed by atoms with Crippen LogP contribution in [0, 0.1) is 11.8 Å². The highest BCUT2D eigenvalue weighted by Gasteiger charge is 2.32. The van der Waals surface area contributed by atoms with Crippen LogP contribution in [0.15, 0.2) is 0 Å². The summed E-state index contributed by atoms with van der Waals surface area (Å²) in [6.07, 6.45) is 0.940. The fourth-order valence-corrected chi connectivity index (χ4v) is 1.32. The van der Waals surface area contributed by atoms with Crippen molar-refractivity contribution in [3.8, 4) is 0 Å². The Kier molecular flexibility index (Phi) is 2.27. The van der Waals surface area contributed by atoms with E-state index in [4.69, 9.17) is 4.74 Å². The molecule has 62 valence electrons. The van der Waals surface area contributed by atoms with Crippen molar-refractivity contribution in [2.24, 2.45) is 11.8 Å². The predicted molar refractivity (Wildman–Crippen MR) is 38.9 cm³/mol. The van der Waals surface area contributed by atoms with Crippen molar-refractivity contribution in [3.05, 3.63) is 0 Å². The maximum Gasteiger partial charge on any atom is 0.309 e. The van der Waals surface area contributed by atoms with Crippen LogP contribution < -0.4 is 0 Å². The summed E-state index contributed by atoms with van der Waals surface area (Å²) in [6, 6.07) is 0. The number of cyclic esters (lactones) is 1.